The molecule has 0 radical (unpaired) electrons. The second kappa shape index (κ2) is 8.18. The molecule has 0 spiro atoms. The SMILES string of the molecule is OCCOCc1cccc(COCCO)n1. The van der Waals surface area contributed by atoms with Crippen LogP contribution in [-0.2, 0) is 22.7 Å². The molecule has 0 aliphatic heterocycles. The molecule has 16 heavy (non-hydrogen) atoms. The molecule has 0 fully saturated rings. The van der Waals surface area contributed by atoms with E-state index in [9.17, 15) is 0 Å². The van der Waals surface area contributed by atoms with Crippen molar-refractivity contribution in [2.45, 2.75) is 13.2 Å². The van der Waals surface area contributed by atoms with E-state index in [0.29, 0.717) is 26.4 Å². The fourth-order valence-corrected chi connectivity index (χ4v) is 1.17. The summed E-state index contributed by atoms with van der Waals surface area (Å²) in [6, 6.07) is 5.59. The standard InChI is InChI=1S/C11H17NO4/c13-4-6-15-8-10-2-1-3-11(12-10)9-16-7-5-14/h1-3,13-14H,4-9H2. The minimum atomic E-state index is 0.0132. The molecular formula is C11H17NO4. The fourth-order valence-electron chi connectivity index (χ4n) is 1.17. The monoisotopic (exact) mass is 227 g/mol. The van der Waals surface area contributed by atoms with Crippen LogP contribution in [0.15, 0.2) is 18.2 Å². The molecule has 1 aromatic rings. The quantitative estimate of drug-likeness (QED) is 0.616. The minimum Gasteiger partial charge on any atom is -0.394 e. The third kappa shape index (κ3) is 5.18. The van der Waals surface area contributed by atoms with E-state index in [1.54, 1.807) is 0 Å². The second-order valence-electron chi connectivity index (χ2n) is 3.17. The Kier molecular flexibility index (Phi) is 6.67. The van der Waals surface area contributed by atoms with E-state index in [0.717, 1.165) is 11.4 Å². The summed E-state index contributed by atoms with van der Waals surface area (Å²) in [6.07, 6.45) is 0. The normalized spacial score (nSPS) is 10.6. The molecular weight excluding hydrogens is 210 g/mol. The van der Waals surface area contributed by atoms with Crippen molar-refractivity contribution in [3.63, 3.8) is 0 Å². The highest BCUT2D eigenvalue weighted by atomic mass is 16.5. The summed E-state index contributed by atoms with van der Waals surface area (Å²) in [7, 11) is 0. The van der Waals surface area contributed by atoms with E-state index in [1.165, 1.54) is 0 Å². The van der Waals surface area contributed by atoms with Gasteiger partial charge >= 0.3 is 0 Å². The Hall–Kier alpha value is -1.01. The number of rotatable bonds is 8. The molecule has 0 bridgehead atoms. The fraction of sp³-hybridized carbons (Fsp3) is 0.545. The molecule has 0 aromatic carbocycles. The Morgan fingerprint density at radius 1 is 0.938 bits per heavy atom. The van der Waals surface area contributed by atoms with Crippen molar-refractivity contribution in [3.05, 3.63) is 29.6 Å². The van der Waals surface area contributed by atoms with Crippen molar-refractivity contribution in [3.8, 4) is 0 Å². The summed E-state index contributed by atoms with van der Waals surface area (Å²) >= 11 is 0. The predicted octanol–water partition coefficient (Wildman–Crippen LogP) is 0.0994. The van der Waals surface area contributed by atoms with E-state index >= 15 is 0 Å². The van der Waals surface area contributed by atoms with E-state index in [-0.39, 0.29) is 13.2 Å². The smallest absolute Gasteiger partial charge is 0.0889 e. The van der Waals surface area contributed by atoms with Crippen molar-refractivity contribution in [2.24, 2.45) is 0 Å². The van der Waals surface area contributed by atoms with Crippen LogP contribution < -0.4 is 0 Å². The molecule has 2 N–H and O–H groups in total. The molecule has 5 heteroatoms. The van der Waals surface area contributed by atoms with Gasteiger partial charge in [0.25, 0.3) is 0 Å². The Labute approximate surface area is 94.7 Å². The summed E-state index contributed by atoms with van der Waals surface area (Å²) in [5, 5.41) is 17.1. The molecule has 0 saturated carbocycles. The molecule has 0 amide bonds. The van der Waals surface area contributed by atoms with Crippen LogP contribution in [-0.4, -0.2) is 41.6 Å². The van der Waals surface area contributed by atoms with Crippen LogP contribution in [0.3, 0.4) is 0 Å². The van der Waals surface area contributed by atoms with Gasteiger partial charge in [-0.15, -0.1) is 0 Å². The van der Waals surface area contributed by atoms with E-state index in [1.807, 2.05) is 18.2 Å². The lowest BCUT2D eigenvalue weighted by molar-refractivity contribution is 0.0749. The van der Waals surface area contributed by atoms with Crippen molar-refractivity contribution in [2.75, 3.05) is 26.4 Å². The maximum Gasteiger partial charge on any atom is 0.0889 e. The van der Waals surface area contributed by atoms with E-state index in [4.69, 9.17) is 19.7 Å². The van der Waals surface area contributed by atoms with Crippen LogP contribution in [0, 0.1) is 0 Å². The van der Waals surface area contributed by atoms with Gasteiger partial charge in [-0.3, -0.25) is 4.98 Å². The lowest BCUT2D eigenvalue weighted by Gasteiger charge is -2.05. The molecule has 0 aliphatic rings. The average Bonchev–Trinajstić information content (AvgIpc) is 2.30. The molecule has 0 unspecified atom stereocenters. The van der Waals surface area contributed by atoms with Crippen LogP contribution >= 0.6 is 0 Å². The summed E-state index contributed by atoms with van der Waals surface area (Å²) in [4.78, 5) is 4.30. The Balaban J connectivity index is 2.37. The number of aliphatic hydroxyl groups is 2. The van der Waals surface area contributed by atoms with Gasteiger partial charge in [-0.25, -0.2) is 0 Å². The number of hydrogen-bond donors (Lipinski definition) is 2. The van der Waals surface area contributed by atoms with E-state index in [2.05, 4.69) is 4.98 Å². The first-order valence-corrected chi connectivity index (χ1v) is 5.19. The largest absolute Gasteiger partial charge is 0.394 e. The Morgan fingerprint density at radius 2 is 1.44 bits per heavy atom. The summed E-state index contributed by atoms with van der Waals surface area (Å²) in [5.74, 6) is 0. The van der Waals surface area contributed by atoms with Crippen LogP contribution in [0.25, 0.3) is 0 Å². The number of pyridine rings is 1. The van der Waals surface area contributed by atoms with Gasteiger partial charge in [-0.05, 0) is 12.1 Å². The third-order valence-corrected chi connectivity index (χ3v) is 1.84. The number of ether oxygens (including phenoxy) is 2. The minimum absolute atomic E-state index is 0.0132. The summed E-state index contributed by atoms with van der Waals surface area (Å²) in [5.41, 5.74) is 1.61. The first-order chi connectivity index (χ1) is 7.86. The molecule has 1 heterocycles. The highest BCUT2D eigenvalue weighted by molar-refractivity contribution is 5.09. The average molecular weight is 227 g/mol. The van der Waals surface area contributed by atoms with Gasteiger partial charge in [-0.2, -0.15) is 0 Å². The van der Waals surface area contributed by atoms with Crippen LogP contribution in [0.1, 0.15) is 11.4 Å². The van der Waals surface area contributed by atoms with Crippen LogP contribution in [0.5, 0.6) is 0 Å². The van der Waals surface area contributed by atoms with Gasteiger partial charge in [0.05, 0.1) is 51.0 Å². The first-order valence-electron chi connectivity index (χ1n) is 5.19. The molecule has 1 rings (SSSR count). The predicted molar refractivity (Wildman–Crippen MR) is 57.7 cm³/mol. The van der Waals surface area contributed by atoms with Crippen molar-refractivity contribution < 1.29 is 19.7 Å². The number of hydrogen-bond acceptors (Lipinski definition) is 5. The first kappa shape index (κ1) is 13.1. The lowest BCUT2D eigenvalue weighted by atomic mass is 10.3. The maximum atomic E-state index is 8.55. The molecule has 0 atom stereocenters. The molecule has 5 nitrogen and oxygen atoms in total. The van der Waals surface area contributed by atoms with Crippen LogP contribution in [0.2, 0.25) is 0 Å². The van der Waals surface area contributed by atoms with Gasteiger partial charge in [0, 0.05) is 0 Å². The lowest BCUT2D eigenvalue weighted by Crippen LogP contribution is -2.04. The van der Waals surface area contributed by atoms with Crippen LogP contribution in [0.4, 0.5) is 0 Å². The van der Waals surface area contributed by atoms with Crippen molar-refractivity contribution in [1.82, 2.24) is 4.98 Å². The molecule has 90 valence electrons. The van der Waals surface area contributed by atoms with Gasteiger partial charge in [0.15, 0.2) is 0 Å². The van der Waals surface area contributed by atoms with Crippen molar-refractivity contribution in [1.29, 1.82) is 0 Å². The van der Waals surface area contributed by atoms with Gasteiger partial charge in [0.2, 0.25) is 0 Å². The number of aromatic nitrogens is 1. The molecule has 0 saturated heterocycles. The zero-order chi connectivity index (χ0) is 11.6. The number of aliphatic hydroxyl groups excluding tert-OH is 2. The molecule has 1 aromatic heterocycles. The Morgan fingerprint density at radius 3 is 1.88 bits per heavy atom. The van der Waals surface area contributed by atoms with Crippen molar-refractivity contribution >= 4 is 0 Å². The maximum absolute atomic E-state index is 8.55. The zero-order valence-electron chi connectivity index (χ0n) is 9.13. The zero-order valence-corrected chi connectivity index (χ0v) is 9.13. The number of nitrogens with zero attached hydrogens (tertiary/aromatic N) is 1. The van der Waals surface area contributed by atoms with E-state index < -0.39 is 0 Å². The van der Waals surface area contributed by atoms with Gasteiger partial charge in [0.1, 0.15) is 0 Å². The second-order valence-corrected chi connectivity index (χ2v) is 3.17. The topological polar surface area (TPSA) is 71.8 Å². The Bertz CT molecular complexity index is 268. The highest BCUT2D eigenvalue weighted by Gasteiger charge is 1.98. The van der Waals surface area contributed by atoms with Gasteiger partial charge < -0.3 is 19.7 Å². The summed E-state index contributed by atoms with van der Waals surface area (Å²) in [6.45, 7) is 1.42. The molecule has 0 aliphatic carbocycles. The summed E-state index contributed by atoms with van der Waals surface area (Å²) < 4.78 is 10.3. The highest BCUT2D eigenvalue weighted by Crippen LogP contribution is 2.02. The third-order valence-electron chi connectivity index (χ3n) is 1.84. The van der Waals surface area contributed by atoms with Gasteiger partial charge in [-0.1, -0.05) is 6.07 Å².